The van der Waals surface area contributed by atoms with Crippen molar-refractivity contribution in [2.45, 2.75) is 44.4 Å². The van der Waals surface area contributed by atoms with E-state index in [4.69, 9.17) is 4.74 Å². The fourth-order valence-corrected chi connectivity index (χ4v) is 4.05. The molecule has 4 rings (SSSR count). The molecule has 2 fully saturated rings. The van der Waals surface area contributed by atoms with Gasteiger partial charge in [-0.2, -0.15) is 0 Å². The molecule has 6 nitrogen and oxygen atoms in total. The van der Waals surface area contributed by atoms with E-state index in [9.17, 15) is 14.7 Å². The van der Waals surface area contributed by atoms with Gasteiger partial charge in [0.1, 0.15) is 5.69 Å². The van der Waals surface area contributed by atoms with Crippen molar-refractivity contribution in [1.82, 2.24) is 9.88 Å². The molecule has 22 heavy (non-hydrogen) atoms. The maximum atomic E-state index is 12.8. The van der Waals surface area contributed by atoms with Gasteiger partial charge in [0, 0.05) is 24.2 Å². The second kappa shape index (κ2) is 5.05. The number of aromatic nitrogens is 1. The van der Waals surface area contributed by atoms with Crippen molar-refractivity contribution in [3.8, 4) is 0 Å². The number of hydrogen-bond donors (Lipinski definition) is 1. The Balaban J connectivity index is 1.61. The first kappa shape index (κ1) is 13.7. The van der Waals surface area contributed by atoms with Gasteiger partial charge in [-0.3, -0.25) is 9.59 Å². The summed E-state index contributed by atoms with van der Waals surface area (Å²) in [6.07, 6.45) is 2.98. The molecule has 0 radical (unpaired) electrons. The van der Waals surface area contributed by atoms with Gasteiger partial charge in [0.05, 0.1) is 19.1 Å². The Hall–Kier alpha value is -1.95. The van der Waals surface area contributed by atoms with Crippen molar-refractivity contribution < 1.29 is 19.4 Å². The van der Waals surface area contributed by atoms with E-state index in [0.29, 0.717) is 25.3 Å². The molecule has 116 valence electrons. The van der Waals surface area contributed by atoms with Crippen LogP contribution in [0.1, 0.15) is 41.0 Å². The topological polar surface area (TPSA) is 79.7 Å². The first-order chi connectivity index (χ1) is 10.6. The smallest absolute Gasteiger partial charge is 0.308 e. The Morgan fingerprint density at radius 2 is 2.18 bits per heavy atom. The maximum absolute atomic E-state index is 12.8. The van der Waals surface area contributed by atoms with Crippen molar-refractivity contribution in [3.63, 3.8) is 0 Å². The standard InChI is InChI=1S/C16H18N2O4/c19-15(13-3-1-9-8-22-6-5-12(9)17-13)18-10-2-4-14(18)11(7-10)16(20)21/h1,3,10-11,14H,2,4-8H2,(H,20,21)/t10-,11-,14+/m1/s1. The summed E-state index contributed by atoms with van der Waals surface area (Å²) >= 11 is 0. The highest BCUT2D eigenvalue weighted by atomic mass is 16.5. The average molecular weight is 302 g/mol. The summed E-state index contributed by atoms with van der Waals surface area (Å²) in [5.41, 5.74) is 2.40. The number of carboxylic acids is 1. The SMILES string of the molecule is O=C(O)[C@@H]1C[C@H]2CC[C@@H]1N2C(=O)c1ccc2c(n1)CCOC2. The van der Waals surface area contributed by atoms with Crippen LogP contribution in [-0.4, -0.2) is 45.6 Å². The van der Waals surface area contributed by atoms with Crippen molar-refractivity contribution in [2.75, 3.05) is 6.61 Å². The first-order valence-electron chi connectivity index (χ1n) is 7.77. The van der Waals surface area contributed by atoms with E-state index in [-0.39, 0.29) is 18.0 Å². The van der Waals surface area contributed by atoms with E-state index in [1.54, 1.807) is 11.0 Å². The number of carbonyl (C=O) groups excluding carboxylic acids is 1. The Bertz CT molecular complexity index is 645. The molecule has 4 heterocycles. The molecule has 3 atom stereocenters. The van der Waals surface area contributed by atoms with E-state index in [0.717, 1.165) is 30.5 Å². The highest BCUT2D eigenvalue weighted by Gasteiger charge is 2.51. The molecular formula is C16H18N2O4. The van der Waals surface area contributed by atoms with E-state index in [2.05, 4.69) is 4.98 Å². The van der Waals surface area contributed by atoms with Gasteiger partial charge in [0.25, 0.3) is 5.91 Å². The molecule has 3 aliphatic rings. The van der Waals surface area contributed by atoms with Crippen molar-refractivity contribution >= 4 is 11.9 Å². The summed E-state index contributed by atoms with van der Waals surface area (Å²) in [7, 11) is 0. The number of ether oxygens (including phenoxy) is 1. The van der Waals surface area contributed by atoms with Gasteiger partial charge in [0.2, 0.25) is 0 Å². The first-order valence-corrected chi connectivity index (χ1v) is 7.77. The van der Waals surface area contributed by atoms with E-state index in [1.165, 1.54) is 0 Å². The minimum atomic E-state index is -0.791. The van der Waals surface area contributed by atoms with Crippen LogP contribution in [0.3, 0.4) is 0 Å². The second-order valence-corrected chi connectivity index (χ2v) is 6.30. The van der Waals surface area contributed by atoms with Gasteiger partial charge in [-0.05, 0) is 30.9 Å². The predicted molar refractivity (Wildman–Crippen MR) is 76.3 cm³/mol. The zero-order chi connectivity index (χ0) is 15.3. The highest BCUT2D eigenvalue weighted by Crippen LogP contribution is 2.42. The summed E-state index contributed by atoms with van der Waals surface area (Å²) in [5.74, 6) is -1.33. The lowest BCUT2D eigenvalue weighted by molar-refractivity contribution is -0.142. The largest absolute Gasteiger partial charge is 0.481 e. The van der Waals surface area contributed by atoms with Gasteiger partial charge >= 0.3 is 5.97 Å². The number of pyridine rings is 1. The van der Waals surface area contributed by atoms with Gasteiger partial charge in [-0.25, -0.2) is 4.98 Å². The number of fused-ring (bicyclic) bond motifs is 3. The van der Waals surface area contributed by atoms with Crippen LogP contribution < -0.4 is 0 Å². The lowest BCUT2D eigenvalue weighted by Gasteiger charge is -2.23. The minimum absolute atomic E-state index is 0.0553. The molecule has 1 aromatic rings. The van der Waals surface area contributed by atoms with Crippen LogP contribution >= 0.6 is 0 Å². The van der Waals surface area contributed by atoms with E-state index < -0.39 is 11.9 Å². The van der Waals surface area contributed by atoms with Crippen LogP contribution in [0.5, 0.6) is 0 Å². The van der Waals surface area contributed by atoms with E-state index >= 15 is 0 Å². The Morgan fingerprint density at radius 1 is 1.32 bits per heavy atom. The molecule has 6 heteroatoms. The van der Waals surface area contributed by atoms with Crippen LogP contribution in [0.15, 0.2) is 12.1 Å². The van der Waals surface area contributed by atoms with Gasteiger partial charge in [-0.15, -0.1) is 0 Å². The van der Waals surface area contributed by atoms with Crippen LogP contribution in [-0.2, 0) is 22.6 Å². The van der Waals surface area contributed by atoms with Crippen molar-refractivity contribution in [1.29, 1.82) is 0 Å². The number of carbonyl (C=O) groups is 2. The predicted octanol–water partition coefficient (Wildman–Crippen LogP) is 1.23. The number of rotatable bonds is 2. The number of aliphatic carboxylic acids is 1. The summed E-state index contributed by atoms with van der Waals surface area (Å²) in [6.45, 7) is 1.18. The van der Waals surface area contributed by atoms with Crippen LogP contribution in [0, 0.1) is 5.92 Å². The fourth-order valence-electron chi connectivity index (χ4n) is 4.05. The van der Waals surface area contributed by atoms with Gasteiger partial charge in [-0.1, -0.05) is 6.07 Å². The molecule has 2 saturated heterocycles. The molecule has 0 unspecified atom stereocenters. The summed E-state index contributed by atoms with van der Waals surface area (Å²) in [6, 6.07) is 3.53. The van der Waals surface area contributed by atoms with Crippen LogP contribution in [0.2, 0.25) is 0 Å². The van der Waals surface area contributed by atoms with Crippen LogP contribution in [0.25, 0.3) is 0 Å². The lowest BCUT2D eigenvalue weighted by Crippen LogP contribution is -2.38. The van der Waals surface area contributed by atoms with Gasteiger partial charge in [0.15, 0.2) is 0 Å². The zero-order valence-corrected chi connectivity index (χ0v) is 12.2. The third-order valence-electron chi connectivity index (χ3n) is 5.12. The normalized spacial score (nSPS) is 29.5. The monoisotopic (exact) mass is 302 g/mol. The Morgan fingerprint density at radius 3 is 2.95 bits per heavy atom. The molecule has 0 aliphatic carbocycles. The van der Waals surface area contributed by atoms with E-state index in [1.807, 2.05) is 6.07 Å². The summed E-state index contributed by atoms with van der Waals surface area (Å²) in [5, 5.41) is 9.30. The fraction of sp³-hybridized carbons (Fsp3) is 0.562. The third kappa shape index (κ3) is 2.01. The molecule has 3 aliphatic heterocycles. The zero-order valence-electron chi connectivity index (χ0n) is 12.2. The quantitative estimate of drug-likeness (QED) is 0.889. The number of carboxylic acid groups (broad SMARTS) is 1. The third-order valence-corrected chi connectivity index (χ3v) is 5.12. The molecular weight excluding hydrogens is 284 g/mol. The molecule has 0 spiro atoms. The molecule has 1 aromatic heterocycles. The molecule has 2 bridgehead atoms. The molecule has 1 amide bonds. The summed E-state index contributed by atoms with van der Waals surface area (Å²) in [4.78, 5) is 30.4. The number of amides is 1. The van der Waals surface area contributed by atoms with Gasteiger partial charge < -0.3 is 14.7 Å². The average Bonchev–Trinajstić information content (AvgIpc) is 3.11. The van der Waals surface area contributed by atoms with Crippen molar-refractivity contribution in [3.05, 3.63) is 29.1 Å². The Kier molecular flexibility index (Phi) is 3.14. The molecule has 0 saturated carbocycles. The number of hydrogen-bond acceptors (Lipinski definition) is 4. The maximum Gasteiger partial charge on any atom is 0.308 e. The summed E-state index contributed by atoms with van der Waals surface area (Å²) < 4.78 is 5.38. The molecule has 0 aromatic carbocycles. The number of nitrogens with zero attached hydrogens (tertiary/aromatic N) is 2. The lowest BCUT2D eigenvalue weighted by atomic mass is 9.89. The second-order valence-electron chi connectivity index (χ2n) is 6.30. The minimum Gasteiger partial charge on any atom is -0.481 e. The molecule has 1 N–H and O–H groups in total. The van der Waals surface area contributed by atoms with Crippen molar-refractivity contribution in [2.24, 2.45) is 5.92 Å². The Labute approximate surface area is 128 Å². The van der Waals surface area contributed by atoms with Crippen LogP contribution in [0.4, 0.5) is 0 Å². The highest BCUT2D eigenvalue weighted by molar-refractivity contribution is 5.94.